The van der Waals surface area contributed by atoms with Crippen molar-refractivity contribution in [2.75, 3.05) is 5.32 Å². The van der Waals surface area contributed by atoms with E-state index in [2.05, 4.69) is 35.3 Å². The number of hydrogen-bond donors (Lipinski definition) is 1. The van der Waals surface area contributed by atoms with Gasteiger partial charge in [-0.25, -0.2) is 9.67 Å². The van der Waals surface area contributed by atoms with Crippen LogP contribution < -0.4 is 5.32 Å². The van der Waals surface area contributed by atoms with E-state index in [-0.39, 0.29) is 11.7 Å². The maximum Gasteiger partial charge on any atom is 0.295 e. The van der Waals surface area contributed by atoms with Crippen molar-refractivity contribution in [3.63, 3.8) is 0 Å². The normalized spacial score (nSPS) is 10.8. The average Bonchev–Trinajstić information content (AvgIpc) is 3.18. The molecule has 1 amide bonds. The molecule has 0 radical (unpaired) electrons. The monoisotopic (exact) mass is 396 g/mol. The third-order valence-corrected chi connectivity index (χ3v) is 5.28. The molecule has 5 heteroatoms. The summed E-state index contributed by atoms with van der Waals surface area (Å²) in [6.07, 6.45) is 0. The zero-order valence-electron chi connectivity index (χ0n) is 17.6. The Morgan fingerprint density at radius 3 is 2.37 bits per heavy atom. The molecule has 4 rings (SSSR count). The molecule has 0 saturated carbocycles. The maximum absolute atomic E-state index is 13.0. The van der Waals surface area contributed by atoms with E-state index in [0.717, 1.165) is 39.2 Å². The maximum atomic E-state index is 13.0. The molecule has 0 atom stereocenters. The van der Waals surface area contributed by atoms with E-state index in [1.165, 1.54) is 0 Å². The molecule has 0 unspecified atom stereocenters. The first kappa shape index (κ1) is 19.6. The van der Waals surface area contributed by atoms with E-state index in [9.17, 15) is 4.79 Å². The topological polar surface area (TPSA) is 59.8 Å². The summed E-state index contributed by atoms with van der Waals surface area (Å²) in [7, 11) is 0. The van der Waals surface area contributed by atoms with Crippen LogP contribution in [0.15, 0.2) is 66.7 Å². The Balaban J connectivity index is 1.79. The number of amides is 1. The number of hydrogen-bond acceptors (Lipinski definition) is 3. The summed E-state index contributed by atoms with van der Waals surface area (Å²) in [5.74, 6) is 0.438. The van der Waals surface area contributed by atoms with Gasteiger partial charge in [0.2, 0.25) is 5.82 Å². The number of carbonyl (C=O) groups is 1. The van der Waals surface area contributed by atoms with Crippen LogP contribution in [0.4, 0.5) is 5.69 Å². The van der Waals surface area contributed by atoms with E-state index < -0.39 is 0 Å². The molecule has 0 bridgehead atoms. The standard InChI is InChI=1S/C25H24N4O/c1-16-13-14-21(18(3)15-16)26-25(30)23-27-24(20-10-6-5-7-11-20)29(28-23)22-12-8-9-17(2)19(22)4/h5-15H,1-4H3,(H,26,30). The highest BCUT2D eigenvalue weighted by Gasteiger charge is 2.20. The number of nitrogens with one attached hydrogen (secondary N) is 1. The van der Waals surface area contributed by atoms with Crippen LogP contribution in [0.2, 0.25) is 0 Å². The van der Waals surface area contributed by atoms with E-state index in [4.69, 9.17) is 0 Å². The fourth-order valence-corrected chi connectivity index (χ4v) is 3.45. The minimum absolute atomic E-state index is 0.134. The lowest BCUT2D eigenvalue weighted by atomic mass is 10.1. The van der Waals surface area contributed by atoms with Crippen LogP contribution in [0, 0.1) is 27.7 Å². The Morgan fingerprint density at radius 1 is 0.867 bits per heavy atom. The quantitative estimate of drug-likeness (QED) is 0.501. The number of aryl methyl sites for hydroxylation is 3. The number of rotatable bonds is 4. The highest BCUT2D eigenvalue weighted by Crippen LogP contribution is 2.25. The summed E-state index contributed by atoms with van der Waals surface area (Å²) >= 11 is 0. The molecule has 1 N–H and O–H groups in total. The fourth-order valence-electron chi connectivity index (χ4n) is 3.45. The Bertz CT molecular complexity index is 1230. The molecule has 5 nitrogen and oxygen atoms in total. The van der Waals surface area contributed by atoms with E-state index in [0.29, 0.717) is 5.82 Å². The molecule has 0 aliphatic heterocycles. The second-order valence-corrected chi connectivity index (χ2v) is 7.53. The first-order chi connectivity index (χ1) is 14.4. The van der Waals surface area contributed by atoms with Gasteiger partial charge in [-0.15, -0.1) is 5.10 Å². The Hall–Kier alpha value is -3.73. The summed E-state index contributed by atoms with van der Waals surface area (Å²) in [5, 5.41) is 7.54. The molecule has 0 aliphatic carbocycles. The molecule has 0 spiro atoms. The number of carbonyl (C=O) groups excluding carboxylic acids is 1. The van der Waals surface area contributed by atoms with Crippen LogP contribution >= 0.6 is 0 Å². The molecule has 4 aromatic rings. The van der Waals surface area contributed by atoms with Crippen LogP contribution in [-0.4, -0.2) is 20.7 Å². The summed E-state index contributed by atoms with van der Waals surface area (Å²) in [4.78, 5) is 17.6. The van der Waals surface area contributed by atoms with Gasteiger partial charge in [0.15, 0.2) is 5.82 Å². The summed E-state index contributed by atoms with van der Waals surface area (Å²) in [6, 6.07) is 21.8. The van der Waals surface area contributed by atoms with Crippen LogP contribution in [0.1, 0.15) is 32.9 Å². The van der Waals surface area contributed by atoms with E-state index >= 15 is 0 Å². The SMILES string of the molecule is Cc1ccc(NC(=O)c2nc(-c3ccccc3)n(-c3cccc(C)c3C)n2)c(C)c1. The fraction of sp³-hybridized carbons (Fsp3) is 0.160. The van der Waals surface area contributed by atoms with Crippen LogP contribution in [0.25, 0.3) is 17.1 Å². The van der Waals surface area contributed by atoms with Gasteiger partial charge in [0.1, 0.15) is 0 Å². The third kappa shape index (κ3) is 3.74. The Labute approximate surface area is 176 Å². The summed E-state index contributed by atoms with van der Waals surface area (Å²) < 4.78 is 1.76. The molecule has 0 saturated heterocycles. The lowest BCUT2D eigenvalue weighted by Crippen LogP contribution is -2.15. The highest BCUT2D eigenvalue weighted by molar-refractivity contribution is 6.02. The smallest absolute Gasteiger partial charge is 0.295 e. The van der Waals surface area contributed by atoms with Gasteiger partial charge in [0.05, 0.1) is 5.69 Å². The molecule has 1 aromatic heterocycles. The molecule has 0 aliphatic rings. The van der Waals surface area contributed by atoms with Gasteiger partial charge in [-0.1, -0.05) is 60.2 Å². The van der Waals surface area contributed by atoms with Crippen molar-refractivity contribution < 1.29 is 4.79 Å². The first-order valence-electron chi connectivity index (χ1n) is 9.91. The van der Waals surface area contributed by atoms with Crippen molar-refractivity contribution >= 4 is 11.6 Å². The van der Waals surface area contributed by atoms with Crippen molar-refractivity contribution in [3.05, 3.63) is 94.8 Å². The van der Waals surface area contributed by atoms with Gasteiger partial charge >= 0.3 is 0 Å². The van der Waals surface area contributed by atoms with Crippen molar-refractivity contribution in [2.24, 2.45) is 0 Å². The van der Waals surface area contributed by atoms with Crippen LogP contribution in [-0.2, 0) is 0 Å². The van der Waals surface area contributed by atoms with Gasteiger partial charge in [0.25, 0.3) is 5.91 Å². The molecule has 1 heterocycles. The molecule has 150 valence electrons. The molecule has 0 fully saturated rings. The van der Waals surface area contributed by atoms with Crippen molar-refractivity contribution in [1.29, 1.82) is 0 Å². The zero-order chi connectivity index (χ0) is 21.3. The molecular weight excluding hydrogens is 372 g/mol. The second-order valence-electron chi connectivity index (χ2n) is 7.53. The molecular formula is C25H24N4O. The number of benzene rings is 3. The molecule has 3 aromatic carbocycles. The largest absolute Gasteiger partial charge is 0.319 e. The lowest BCUT2D eigenvalue weighted by Gasteiger charge is -2.11. The van der Waals surface area contributed by atoms with Crippen LogP contribution in [0.3, 0.4) is 0 Å². The average molecular weight is 396 g/mol. The second kappa shape index (κ2) is 7.95. The van der Waals surface area contributed by atoms with E-state index in [1.54, 1.807) is 4.68 Å². The van der Waals surface area contributed by atoms with Gasteiger partial charge in [-0.3, -0.25) is 4.79 Å². The van der Waals surface area contributed by atoms with Crippen LogP contribution in [0.5, 0.6) is 0 Å². The Morgan fingerprint density at radius 2 is 1.63 bits per heavy atom. The zero-order valence-corrected chi connectivity index (χ0v) is 17.6. The van der Waals surface area contributed by atoms with E-state index in [1.807, 2.05) is 74.5 Å². The number of nitrogens with zero attached hydrogens (tertiary/aromatic N) is 3. The predicted molar refractivity (Wildman–Crippen MR) is 120 cm³/mol. The van der Waals surface area contributed by atoms with Crippen molar-refractivity contribution in [3.8, 4) is 17.1 Å². The van der Waals surface area contributed by atoms with Gasteiger partial charge in [-0.05, 0) is 56.5 Å². The first-order valence-corrected chi connectivity index (χ1v) is 9.91. The minimum Gasteiger partial charge on any atom is -0.319 e. The van der Waals surface area contributed by atoms with Gasteiger partial charge < -0.3 is 5.32 Å². The third-order valence-electron chi connectivity index (χ3n) is 5.28. The number of anilines is 1. The van der Waals surface area contributed by atoms with Gasteiger partial charge in [-0.2, -0.15) is 0 Å². The Kier molecular flexibility index (Phi) is 5.19. The number of aromatic nitrogens is 3. The minimum atomic E-state index is -0.330. The van der Waals surface area contributed by atoms with Gasteiger partial charge in [0, 0.05) is 11.3 Å². The summed E-state index contributed by atoms with van der Waals surface area (Å²) in [6.45, 7) is 8.11. The summed E-state index contributed by atoms with van der Waals surface area (Å²) in [5.41, 5.74) is 6.97. The lowest BCUT2D eigenvalue weighted by molar-refractivity contribution is 0.101. The van der Waals surface area contributed by atoms with Crippen molar-refractivity contribution in [2.45, 2.75) is 27.7 Å². The van der Waals surface area contributed by atoms with Crippen molar-refractivity contribution in [1.82, 2.24) is 14.8 Å². The predicted octanol–water partition coefficient (Wildman–Crippen LogP) is 5.42. The molecule has 30 heavy (non-hydrogen) atoms. The highest BCUT2D eigenvalue weighted by atomic mass is 16.2.